The Morgan fingerprint density at radius 3 is 2.60 bits per heavy atom. The average molecular weight is 422 g/mol. The van der Waals surface area contributed by atoms with Gasteiger partial charge in [0.1, 0.15) is 10.6 Å². The number of methoxy groups -OCH3 is 1. The van der Waals surface area contributed by atoms with Crippen LogP contribution >= 0.6 is 15.9 Å². The number of ether oxygens (including phenoxy) is 1. The van der Waals surface area contributed by atoms with Crippen LogP contribution in [0.4, 0.5) is 0 Å². The van der Waals surface area contributed by atoms with E-state index in [2.05, 4.69) is 25.6 Å². The van der Waals surface area contributed by atoms with Crippen molar-refractivity contribution >= 4 is 26.0 Å². The Kier molecular flexibility index (Phi) is 5.22. The van der Waals surface area contributed by atoms with Crippen LogP contribution in [0.1, 0.15) is 5.56 Å². The Hall–Kier alpha value is -2.16. The first-order valence-corrected chi connectivity index (χ1v) is 9.68. The van der Waals surface area contributed by atoms with Crippen LogP contribution in [-0.4, -0.2) is 25.1 Å². The van der Waals surface area contributed by atoms with Crippen molar-refractivity contribution in [1.82, 2.24) is 14.3 Å². The number of nitrogens with one attached hydrogen (secondary N) is 1. The lowest BCUT2D eigenvalue weighted by molar-refractivity contribution is 0.402. The third-order valence-electron chi connectivity index (χ3n) is 3.62. The van der Waals surface area contributed by atoms with Gasteiger partial charge in [-0.05, 0) is 35.9 Å². The minimum absolute atomic E-state index is 0.0967. The first-order valence-electron chi connectivity index (χ1n) is 7.40. The zero-order valence-corrected chi connectivity index (χ0v) is 15.8. The fraction of sp³-hybridized carbons (Fsp3) is 0.118. The predicted molar refractivity (Wildman–Crippen MR) is 98.3 cm³/mol. The van der Waals surface area contributed by atoms with Crippen molar-refractivity contribution in [3.63, 3.8) is 0 Å². The molecule has 3 rings (SSSR count). The normalized spacial score (nSPS) is 11.4. The second-order valence-corrected chi connectivity index (χ2v) is 7.91. The maximum atomic E-state index is 12.6. The number of imidazole rings is 1. The first-order chi connectivity index (χ1) is 12.0. The summed E-state index contributed by atoms with van der Waals surface area (Å²) in [7, 11) is -2.26. The Labute approximate surface area is 154 Å². The number of hydrogen-bond donors (Lipinski definition) is 1. The second kappa shape index (κ2) is 7.38. The topological polar surface area (TPSA) is 73.2 Å². The van der Waals surface area contributed by atoms with Gasteiger partial charge in [0.15, 0.2) is 0 Å². The van der Waals surface area contributed by atoms with E-state index in [0.29, 0.717) is 10.2 Å². The summed E-state index contributed by atoms with van der Waals surface area (Å²) in [5.41, 5.74) is 1.80. The smallest absolute Gasteiger partial charge is 0.244 e. The van der Waals surface area contributed by atoms with Crippen LogP contribution in [0.2, 0.25) is 0 Å². The molecule has 130 valence electrons. The van der Waals surface area contributed by atoms with E-state index in [1.165, 1.54) is 13.2 Å². The van der Waals surface area contributed by atoms with Gasteiger partial charge in [0.05, 0.1) is 13.4 Å². The van der Waals surface area contributed by atoms with Crippen molar-refractivity contribution in [3.8, 4) is 11.4 Å². The predicted octanol–water partition coefficient (Wildman–Crippen LogP) is 3.12. The fourth-order valence-electron chi connectivity index (χ4n) is 2.31. The molecule has 0 aliphatic heterocycles. The third-order valence-corrected chi connectivity index (χ3v) is 5.54. The van der Waals surface area contributed by atoms with Crippen LogP contribution in [-0.2, 0) is 16.6 Å². The van der Waals surface area contributed by atoms with E-state index in [-0.39, 0.29) is 11.4 Å². The van der Waals surface area contributed by atoms with Gasteiger partial charge in [0.25, 0.3) is 0 Å². The Balaban J connectivity index is 1.75. The maximum Gasteiger partial charge on any atom is 0.244 e. The van der Waals surface area contributed by atoms with Crippen LogP contribution < -0.4 is 9.46 Å². The van der Waals surface area contributed by atoms with E-state index < -0.39 is 10.0 Å². The van der Waals surface area contributed by atoms with E-state index in [1.807, 2.05) is 35.0 Å². The van der Waals surface area contributed by atoms with E-state index in [1.54, 1.807) is 24.7 Å². The minimum atomic E-state index is -3.70. The van der Waals surface area contributed by atoms with E-state index in [0.717, 1.165) is 11.3 Å². The van der Waals surface area contributed by atoms with Crippen molar-refractivity contribution in [2.75, 3.05) is 7.11 Å². The van der Waals surface area contributed by atoms with Gasteiger partial charge in [-0.1, -0.05) is 28.1 Å². The molecule has 3 aromatic rings. The molecule has 0 unspecified atom stereocenters. The van der Waals surface area contributed by atoms with Gasteiger partial charge in [0.2, 0.25) is 10.0 Å². The first kappa shape index (κ1) is 17.7. The summed E-state index contributed by atoms with van der Waals surface area (Å²) < 4.78 is 35.4. The van der Waals surface area contributed by atoms with Crippen LogP contribution in [0.25, 0.3) is 5.69 Å². The molecular formula is C17H16BrN3O3S. The van der Waals surface area contributed by atoms with Gasteiger partial charge >= 0.3 is 0 Å². The largest absolute Gasteiger partial charge is 0.495 e. The molecule has 0 spiro atoms. The molecule has 0 saturated carbocycles. The van der Waals surface area contributed by atoms with Gasteiger partial charge in [-0.15, -0.1) is 0 Å². The van der Waals surface area contributed by atoms with Gasteiger partial charge in [0, 0.05) is 29.1 Å². The van der Waals surface area contributed by atoms with Gasteiger partial charge in [-0.3, -0.25) is 0 Å². The molecule has 0 radical (unpaired) electrons. The highest BCUT2D eigenvalue weighted by atomic mass is 79.9. The lowest BCUT2D eigenvalue weighted by atomic mass is 10.2. The molecule has 6 nitrogen and oxygen atoms in total. The molecule has 1 aromatic heterocycles. The fourth-order valence-corrected chi connectivity index (χ4v) is 4.04. The van der Waals surface area contributed by atoms with Crippen LogP contribution in [0, 0.1) is 0 Å². The number of benzene rings is 2. The summed E-state index contributed by atoms with van der Waals surface area (Å²) in [5.74, 6) is 0.297. The molecule has 0 aliphatic rings. The zero-order chi connectivity index (χ0) is 17.9. The van der Waals surface area contributed by atoms with Gasteiger partial charge in [-0.25, -0.2) is 18.1 Å². The standard InChI is InChI=1S/C17H16BrN3O3S/c1-24-16-7-4-14(18)10-17(16)25(22,23)20-11-13-2-5-15(6-3-13)21-9-8-19-12-21/h2-10,12,20H,11H2,1H3. The molecule has 0 saturated heterocycles. The summed E-state index contributed by atoms with van der Waals surface area (Å²) in [4.78, 5) is 4.10. The molecule has 0 amide bonds. The van der Waals surface area contributed by atoms with Crippen molar-refractivity contribution in [2.24, 2.45) is 0 Å². The Morgan fingerprint density at radius 1 is 1.20 bits per heavy atom. The van der Waals surface area contributed by atoms with E-state index >= 15 is 0 Å². The van der Waals surface area contributed by atoms with Crippen LogP contribution in [0.5, 0.6) is 5.75 Å². The zero-order valence-electron chi connectivity index (χ0n) is 13.4. The molecule has 8 heteroatoms. The van der Waals surface area contributed by atoms with E-state index in [4.69, 9.17) is 4.74 Å². The third kappa shape index (κ3) is 4.09. The summed E-state index contributed by atoms with van der Waals surface area (Å²) >= 11 is 3.29. The molecule has 2 aromatic carbocycles. The van der Waals surface area contributed by atoms with Crippen molar-refractivity contribution in [3.05, 3.63) is 71.2 Å². The van der Waals surface area contributed by atoms with E-state index in [9.17, 15) is 8.42 Å². The van der Waals surface area contributed by atoms with Crippen LogP contribution in [0.15, 0.2) is 70.6 Å². The highest BCUT2D eigenvalue weighted by Gasteiger charge is 2.19. The van der Waals surface area contributed by atoms with Crippen LogP contribution in [0.3, 0.4) is 0 Å². The number of nitrogens with zero attached hydrogens (tertiary/aromatic N) is 2. The minimum Gasteiger partial charge on any atom is -0.495 e. The summed E-state index contributed by atoms with van der Waals surface area (Å²) in [6.07, 6.45) is 5.25. The molecule has 1 heterocycles. The Bertz CT molecular complexity index is 955. The molecular weight excluding hydrogens is 406 g/mol. The number of sulfonamides is 1. The summed E-state index contributed by atoms with van der Waals surface area (Å²) in [5, 5.41) is 0. The average Bonchev–Trinajstić information content (AvgIpc) is 3.15. The van der Waals surface area contributed by atoms with Crippen molar-refractivity contribution in [1.29, 1.82) is 0 Å². The maximum absolute atomic E-state index is 12.6. The number of rotatable bonds is 6. The quantitative estimate of drug-likeness (QED) is 0.663. The monoisotopic (exact) mass is 421 g/mol. The van der Waals surface area contributed by atoms with Crippen molar-refractivity contribution < 1.29 is 13.2 Å². The Morgan fingerprint density at radius 2 is 1.96 bits per heavy atom. The molecule has 0 bridgehead atoms. The van der Waals surface area contributed by atoms with Gasteiger partial charge in [-0.2, -0.15) is 0 Å². The molecule has 0 aliphatic carbocycles. The molecule has 0 atom stereocenters. The number of hydrogen-bond acceptors (Lipinski definition) is 4. The second-order valence-electron chi connectivity index (χ2n) is 5.26. The van der Waals surface area contributed by atoms with Gasteiger partial charge < -0.3 is 9.30 Å². The van der Waals surface area contributed by atoms with Crippen molar-refractivity contribution in [2.45, 2.75) is 11.4 Å². The highest BCUT2D eigenvalue weighted by Crippen LogP contribution is 2.27. The molecule has 1 N–H and O–H groups in total. The molecule has 0 fully saturated rings. The highest BCUT2D eigenvalue weighted by molar-refractivity contribution is 9.10. The SMILES string of the molecule is COc1ccc(Br)cc1S(=O)(=O)NCc1ccc(-n2ccnc2)cc1. The lowest BCUT2D eigenvalue weighted by Crippen LogP contribution is -2.23. The lowest BCUT2D eigenvalue weighted by Gasteiger charge is -2.11. The molecule has 25 heavy (non-hydrogen) atoms. The summed E-state index contributed by atoms with van der Waals surface area (Å²) in [6, 6.07) is 12.4. The number of aromatic nitrogens is 2. The number of halogens is 1. The summed E-state index contributed by atoms with van der Waals surface area (Å²) in [6.45, 7) is 0.183.